The van der Waals surface area contributed by atoms with Crippen LogP contribution in [0.3, 0.4) is 0 Å². The molecule has 0 unspecified atom stereocenters. The lowest BCUT2D eigenvalue weighted by Crippen LogP contribution is -1.86. The predicted octanol–water partition coefficient (Wildman–Crippen LogP) is 2.78. The Morgan fingerprint density at radius 1 is 0.750 bits per heavy atom. The molecule has 0 saturated carbocycles. The summed E-state index contributed by atoms with van der Waals surface area (Å²) in [5.41, 5.74) is 1.51. The van der Waals surface area contributed by atoms with Gasteiger partial charge in [-0.25, -0.2) is 0 Å². The Morgan fingerprint density at radius 2 is 1.38 bits per heavy atom. The Labute approximate surface area is 93.2 Å². The Balaban J connectivity index is 2.74. The van der Waals surface area contributed by atoms with Crippen molar-refractivity contribution in [1.82, 2.24) is 0 Å². The molecule has 0 aromatic heterocycles. The largest absolute Gasteiger partial charge is 0.508 e. The topological polar surface area (TPSA) is 60.7 Å². The van der Waals surface area contributed by atoms with Gasteiger partial charge in [-0.1, -0.05) is 18.2 Å². The first-order chi connectivity index (χ1) is 7.61. The second-order valence-electron chi connectivity index (χ2n) is 3.62. The summed E-state index contributed by atoms with van der Waals surface area (Å²) in [6.07, 6.45) is 0. The fraction of sp³-hybridized carbons (Fsp3) is 0.0769. The fourth-order valence-electron chi connectivity index (χ4n) is 1.71. The van der Waals surface area contributed by atoms with Crippen molar-refractivity contribution in [2.75, 3.05) is 0 Å². The van der Waals surface area contributed by atoms with Gasteiger partial charge in [0.15, 0.2) is 0 Å². The van der Waals surface area contributed by atoms with E-state index in [0.717, 1.165) is 0 Å². The van der Waals surface area contributed by atoms with E-state index < -0.39 is 0 Å². The molecule has 0 bridgehead atoms. The Morgan fingerprint density at radius 3 is 2.06 bits per heavy atom. The number of aromatic hydroxyl groups is 3. The lowest BCUT2D eigenvalue weighted by Gasteiger charge is -2.11. The molecule has 3 N–H and O–H groups in total. The molecule has 0 heterocycles. The molecule has 0 saturated heterocycles. The summed E-state index contributed by atoms with van der Waals surface area (Å²) in [5.74, 6) is 0.208. The van der Waals surface area contributed by atoms with Gasteiger partial charge >= 0.3 is 0 Å². The summed E-state index contributed by atoms with van der Waals surface area (Å²) < 4.78 is 0. The molecule has 0 fully saturated rings. The molecule has 2 rings (SSSR count). The van der Waals surface area contributed by atoms with Crippen LogP contribution < -0.4 is 0 Å². The van der Waals surface area contributed by atoms with Gasteiger partial charge in [-0.3, -0.25) is 0 Å². The molecule has 0 aliphatic carbocycles. The number of benzene rings is 2. The molecule has 82 valence electrons. The van der Waals surface area contributed by atoms with E-state index in [1.54, 1.807) is 25.1 Å². The summed E-state index contributed by atoms with van der Waals surface area (Å²) >= 11 is 0. The van der Waals surface area contributed by atoms with Crippen molar-refractivity contribution in [2.45, 2.75) is 6.92 Å². The van der Waals surface area contributed by atoms with Crippen molar-refractivity contribution < 1.29 is 15.3 Å². The normalized spacial score (nSPS) is 10.3. The maximum Gasteiger partial charge on any atom is 0.124 e. The van der Waals surface area contributed by atoms with Gasteiger partial charge in [-0.05, 0) is 25.1 Å². The SMILES string of the molecule is Cc1c(O)ccc(O)c1-c1ccccc1O. The molecule has 0 atom stereocenters. The third-order valence-electron chi connectivity index (χ3n) is 2.59. The van der Waals surface area contributed by atoms with Crippen LogP contribution in [0.2, 0.25) is 0 Å². The van der Waals surface area contributed by atoms with Gasteiger partial charge in [0.05, 0.1) is 0 Å². The quantitative estimate of drug-likeness (QED) is 0.642. The maximum absolute atomic E-state index is 9.77. The number of phenolic OH excluding ortho intramolecular Hbond substituents is 3. The summed E-state index contributed by atoms with van der Waals surface area (Å²) in [6, 6.07) is 9.53. The molecule has 0 spiro atoms. The molecular weight excluding hydrogens is 204 g/mol. The van der Waals surface area contributed by atoms with Gasteiger partial charge in [0.25, 0.3) is 0 Å². The summed E-state index contributed by atoms with van der Waals surface area (Å²) in [4.78, 5) is 0. The second-order valence-corrected chi connectivity index (χ2v) is 3.62. The third-order valence-corrected chi connectivity index (χ3v) is 2.59. The molecule has 0 amide bonds. The first-order valence-corrected chi connectivity index (χ1v) is 4.91. The van der Waals surface area contributed by atoms with Crippen LogP contribution >= 0.6 is 0 Å². The summed E-state index contributed by atoms with van der Waals surface area (Å²) in [6.45, 7) is 1.69. The van der Waals surface area contributed by atoms with E-state index in [4.69, 9.17) is 0 Å². The van der Waals surface area contributed by atoms with Crippen molar-refractivity contribution in [3.63, 3.8) is 0 Å². The molecule has 2 aromatic rings. The third kappa shape index (κ3) is 1.56. The highest BCUT2D eigenvalue weighted by atomic mass is 16.3. The molecular formula is C13H12O3. The van der Waals surface area contributed by atoms with Crippen molar-refractivity contribution in [2.24, 2.45) is 0 Å². The van der Waals surface area contributed by atoms with E-state index in [0.29, 0.717) is 16.7 Å². The van der Waals surface area contributed by atoms with Crippen LogP contribution in [-0.4, -0.2) is 15.3 Å². The minimum Gasteiger partial charge on any atom is -0.508 e. The van der Waals surface area contributed by atoms with Gasteiger partial charge in [0, 0.05) is 16.7 Å². The van der Waals surface area contributed by atoms with E-state index in [9.17, 15) is 15.3 Å². The molecule has 3 nitrogen and oxygen atoms in total. The molecule has 0 radical (unpaired) electrons. The van der Waals surface area contributed by atoms with E-state index in [-0.39, 0.29) is 17.2 Å². The van der Waals surface area contributed by atoms with Gasteiger partial charge in [-0.15, -0.1) is 0 Å². The molecule has 2 aromatic carbocycles. The lowest BCUT2D eigenvalue weighted by molar-refractivity contribution is 0.456. The van der Waals surface area contributed by atoms with Crippen LogP contribution in [0.1, 0.15) is 5.56 Å². The van der Waals surface area contributed by atoms with Crippen LogP contribution in [0.25, 0.3) is 11.1 Å². The number of hydrogen-bond donors (Lipinski definition) is 3. The summed E-state index contributed by atoms with van der Waals surface area (Å²) in [7, 11) is 0. The number of phenols is 3. The first kappa shape index (κ1) is 10.4. The van der Waals surface area contributed by atoms with E-state index in [1.165, 1.54) is 18.2 Å². The predicted molar refractivity (Wildman–Crippen MR) is 61.6 cm³/mol. The second kappa shape index (κ2) is 3.77. The van der Waals surface area contributed by atoms with E-state index >= 15 is 0 Å². The maximum atomic E-state index is 9.77. The zero-order valence-corrected chi connectivity index (χ0v) is 8.81. The molecule has 0 aliphatic heterocycles. The van der Waals surface area contributed by atoms with Crippen LogP contribution in [0.15, 0.2) is 36.4 Å². The first-order valence-electron chi connectivity index (χ1n) is 4.91. The van der Waals surface area contributed by atoms with Crippen molar-refractivity contribution in [1.29, 1.82) is 0 Å². The van der Waals surface area contributed by atoms with Crippen molar-refractivity contribution in [3.8, 4) is 28.4 Å². The van der Waals surface area contributed by atoms with Gasteiger partial charge in [0.1, 0.15) is 17.2 Å². The van der Waals surface area contributed by atoms with Gasteiger partial charge in [0.2, 0.25) is 0 Å². The standard InChI is InChI=1S/C13H12O3/c1-8-10(14)6-7-12(16)13(8)9-4-2-3-5-11(9)15/h2-7,14-16H,1H3. The van der Waals surface area contributed by atoms with Crippen molar-refractivity contribution >= 4 is 0 Å². The van der Waals surface area contributed by atoms with Crippen molar-refractivity contribution in [3.05, 3.63) is 42.0 Å². The lowest BCUT2D eigenvalue weighted by atomic mass is 9.98. The molecule has 3 heteroatoms. The average molecular weight is 216 g/mol. The average Bonchev–Trinajstić information content (AvgIpc) is 2.27. The van der Waals surface area contributed by atoms with Crippen LogP contribution in [0.5, 0.6) is 17.2 Å². The van der Waals surface area contributed by atoms with Crippen LogP contribution in [0.4, 0.5) is 0 Å². The Kier molecular flexibility index (Phi) is 2.44. The van der Waals surface area contributed by atoms with Crippen LogP contribution in [-0.2, 0) is 0 Å². The highest BCUT2D eigenvalue weighted by Gasteiger charge is 2.13. The highest BCUT2D eigenvalue weighted by Crippen LogP contribution is 2.40. The fourth-order valence-corrected chi connectivity index (χ4v) is 1.71. The number of rotatable bonds is 1. The highest BCUT2D eigenvalue weighted by molar-refractivity contribution is 5.79. The smallest absolute Gasteiger partial charge is 0.124 e. The Bertz CT molecular complexity index is 533. The zero-order valence-electron chi connectivity index (χ0n) is 8.81. The van der Waals surface area contributed by atoms with E-state index in [2.05, 4.69) is 0 Å². The number of para-hydroxylation sites is 1. The van der Waals surface area contributed by atoms with E-state index in [1.807, 2.05) is 0 Å². The molecule has 0 aliphatic rings. The van der Waals surface area contributed by atoms with Crippen LogP contribution in [0, 0.1) is 6.92 Å². The molecule has 16 heavy (non-hydrogen) atoms. The minimum absolute atomic E-state index is 0.0387. The number of hydrogen-bond acceptors (Lipinski definition) is 3. The Hall–Kier alpha value is -2.16. The minimum atomic E-state index is 0.0387. The van der Waals surface area contributed by atoms with Gasteiger partial charge in [-0.2, -0.15) is 0 Å². The summed E-state index contributed by atoms with van der Waals surface area (Å²) in [5, 5.41) is 29.1. The monoisotopic (exact) mass is 216 g/mol. The zero-order chi connectivity index (χ0) is 11.7. The van der Waals surface area contributed by atoms with Gasteiger partial charge < -0.3 is 15.3 Å².